The molecule has 0 saturated carbocycles. The predicted molar refractivity (Wildman–Crippen MR) is 124 cm³/mol. The third-order valence-corrected chi connectivity index (χ3v) is 6.48. The van der Waals surface area contributed by atoms with Crippen molar-refractivity contribution >= 4 is 23.2 Å². The molecular weight excluding hydrogens is 410 g/mol. The highest BCUT2D eigenvalue weighted by Crippen LogP contribution is 2.31. The van der Waals surface area contributed by atoms with Gasteiger partial charge in [0.25, 0.3) is 0 Å². The van der Waals surface area contributed by atoms with E-state index >= 15 is 0 Å². The van der Waals surface area contributed by atoms with E-state index in [0.29, 0.717) is 0 Å². The van der Waals surface area contributed by atoms with Crippen LogP contribution in [0.4, 0.5) is 0 Å². The van der Waals surface area contributed by atoms with Crippen LogP contribution in [-0.4, -0.2) is 45.5 Å². The number of hydrogen-bond donors (Lipinski definition) is 2. The first-order chi connectivity index (χ1) is 14.9. The Morgan fingerprint density at radius 2 is 1.97 bits per heavy atom. The Labute approximate surface area is 190 Å². The second-order valence-corrected chi connectivity index (χ2v) is 10.6. The number of likely N-dealkylation sites (tertiary alicyclic amines) is 1. The number of nitrogens with one attached hydrogen (secondary N) is 1. The quantitative estimate of drug-likeness (QED) is 0.730. The summed E-state index contributed by atoms with van der Waals surface area (Å²) in [5, 5.41) is 14.1. The molecule has 0 spiro atoms. The number of benzene rings is 1. The molecule has 0 unspecified atom stereocenters. The molecule has 0 bridgehead atoms. The van der Waals surface area contributed by atoms with Crippen LogP contribution in [0.1, 0.15) is 64.2 Å². The number of β-amino-alcohol motifs (C(OH)–C–C–N with tert-alkyl or cyclic N) is 1. The Balaban J connectivity index is 1.70. The standard InChI is InChI=1S/C24H33N3O3S/c1-14(17-7-9-18(10-8-17)22-15(2)25-16(3)31-22)26-23(30)20-11-19(28)13-27(20)21(29)12-24(4,5)6/h7-10,14,19-20,28H,11-13H2,1-6H3,(H,26,30)/t14-,19+,20-/m0/s1/i12D/t12-,14+,19-,20+/m1. The first-order valence-corrected chi connectivity index (χ1v) is 11.5. The Kier molecular flexibility index (Phi) is 6.44. The molecule has 31 heavy (non-hydrogen) atoms. The third-order valence-electron chi connectivity index (χ3n) is 5.36. The number of aryl methyl sites for hydroxylation is 2. The van der Waals surface area contributed by atoms with Crippen molar-refractivity contribution in [2.45, 2.75) is 72.5 Å². The van der Waals surface area contributed by atoms with E-state index in [4.69, 9.17) is 1.37 Å². The summed E-state index contributed by atoms with van der Waals surface area (Å²) in [5.41, 5.74) is 2.50. The molecule has 2 N–H and O–H groups in total. The summed E-state index contributed by atoms with van der Waals surface area (Å²) in [5.74, 6) is -0.720. The fourth-order valence-electron chi connectivity index (χ4n) is 3.87. The lowest BCUT2D eigenvalue weighted by molar-refractivity contribution is -0.140. The van der Waals surface area contributed by atoms with Crippen molar-refractivity contribution in [3.05, 3.63) is 40.5 Å². The first-order valence-electron chi connectivity index (χ1n) is 11.2. The van der Waals surface area contributed by atoms with Crippen LogP contribution in [0.25, 0.3) is 10.4 Å². The fourth-order valence-corrected chi connectivity index (χ4v) is 4.80. The molecule has 2 aromatic rings. The fraction of sp³-hybridized carbons (Fsp3) is 0.542. The molecule has 2 amide bonds. The van der Waals surface area contributed by atoms with E-state index < -0.39 is 29.9 Å². The summed E-state index contributed by atoms with van der Waals surface area (Å²) in [7, 11) is 0. The van der Waals surface area contributed by atoms with E-state index in [1.54, 1.807) is 11.3 Å². The summed E-state index contributed by atoms with van der Waals surface area (Å²) >= 11 is 1.66. The molecule has 1 aromatic carbocycles. The Morgan fingerprint density at radius 3 is 2.52 bits per heavy atom. The normalized spacial score (nSPS) is 21.5. The third kappa shape index (κ3) is 5.71. The van der Waals surface area contributed by atoms with Crippen LogP contribution in [0.5, 0.6) is 0 Å². The van der Waals surface area contributed by atoms with Gasteiger partial charge in [0, 0.05) is 20.7 Å². The maximum atomic E-state index is 13.0. The maximum absolute atomic E-state index is 13.0. The van der Waals surface area contributed by atoms with Gasteiger partial charge in [-0.25, -0.2) is 4.98 Å². The lowest BCUT2D eigenvalue weighted by atomic mass is 9.91. The second kappa shape index (κ2) is 9.09. The smallest absolute Gasteiger partial charge is 0.243 e. The van der Waals surface area contributed by atoms with Gasteiger partial charge in [-0.05, 0) is 37.3 Å². The number of nitrogens with zero attached hydrogens (tertiary/aromatic N) is 2. The monoisotopic (exact) mass is 444 g/mol. The number of aromatic nitrogens is 1. The second-order valence-electron chi connectivity index (χ2n) is 9.41. The zero-order chi connectivity index (χ0) is 23.8. The molecule has 1 aromatic heterocycles. The van der Waals surface area contributed by atoms with E-state index in [9.17, 15) is 14.7 Å². The van der Waals surface area contributed by atoms with Gasteiger partial charge in [-0.15, -0.1) is 11.3 Å². The summed E-state index contributed by atoms with van der Waals surface area (Å²) in [6.45, 7) is 11.4. The zero-order valence-corrected chi connectivity index (χ0v) is 19.9. The van der Waals surface area contributed by atoms with Gasteiger partial charge in [0.15, 0.2) is 0 Å². The van der Waals surface area contributed by atoms with Crippen molar-refractivity contribution in [1.29, 1.82) is 0 Å². The van der Waals surface area contributed by atoms with Gasteiger partial charge in [0.05, 0.1) is 27.7 Å². The number of rotatable bonds is 5. The molecule has 7 heteroatoms. The minimum absolute atomic E-state index is 0.0824. The van der Waals surface area contributed by atoms with Gasteiger partial charge < -0.3 is 15.3 Å². The van der Waals surface area contributed by atoms with Crippen molar-refractivity contribution < 1.29 is 16.1 Å². The number of hydrogen-bond acceptors (Lipinski definition) is 5. The van der Waals surface area contributed by atoms with Gasteiger partial charge in [-0.3, -0.25) is 9.59 Å². The molecular formula is C24H33N3O3S. The minimum atomic E-state index is -0.994. The minimum Gasteiger partial charge on any atom is -0.391 e. The Hall–Kier alpha value is -2.25. The van der Waals surface area contributed by atoms with Crippen molar-refractivity contribution in [3.63, 3.8) is 0 Å². The molecule has 0 radical (unpaired) electrons. The predicted octanol–water partition coefficient (Wildman–Crippen LogP) is 4.00. The summed E-state index contributed by atoms with van der Waals surface area (Å²) in [4.78, 5) is 32.9. The number of aliphatic hydroxyl groups is 1. The molecule has 1 fully saturated rings. The maximum Gasteiger partial charge on any atom is 0.243 e. The molecule has 6 nitrogen and oxygen atoms in total. The van der Waals surface area contributed by atoms with E-state index in [0.717, 1.165) is 26.7 Å². The van der Waals surface area contributed by atoms with Crippen LogP contribution in [0.2, 0.25) is 0 Å². The van der Waals surface area contributed by atoms with Crippen molar-refractivity contribution in [2.75, 3.05) is 6.54 Å². The van der Waals surface area contributed by atoms with E-state index in [2.05, 4.69) is 10.3 Å². The van der Waals surface area contributed by atoms with Gasteiger partial charge in [-0.1, -0.05) is 45.0 Å². The molecule has 1 aliphatic rings. The van der Waals surface area contributed by atoms with E-state index in [1.165, 1.54) is 4.90 Å². The Bertz CT molecular complexity index is 983. The van der Waals surface area contributed by atoms with Gasteiger partial charge in [0.2, 0.25) is 11.8 Å². The van der Waals surface area contributed by atoms with Crippen LogP contribution >= 0.6 is 11.3 Å². The molecule has 1 saturated heterocycles. The zero-order valence-electron chi connectivity index (χ0n) is 20.1. The van der Waals surface area contributed by atoms with Crippen LogP contribution in [-0.2, 0) is 9.59 Å². The number of aliphatic hydroxyl groups excluding tert-OH is 1. The highest BCUT2D eigenvalue weighted by Gasteiger charge is 2.39. The van der Waals surface area contributed by atoms with Crippen LogP contribution in [0.15, 0.2) is 24.3 Å². The lowest BCUT2D eigenvalue weighted by Gasteiger charge is -2.28. The largest absolute Gasteiger partial charge is 0.391 e. The van der Waals surface area contributed by atoms with Crippen LogP contribution in [0, 0.1) is 19.3 Å². The van der Waals surface area contributed by atoms with Crippen molar-refractivity contribution in [3.8, 4) is 10.4 Å². The van der Waals surface area contributed by atoms with Crippen LogP contribution < -0.4 is 5.32 Å². The van der Waals surface area contributed by atoms with E-state index in [1.807, 2.05) is 65.8 Å². The molecule has 2 heterocycles. The average molecular weight is 445 g/mol. The summed E-state index contributed by atoms with van der Waals surface area (Å²) in [6, 6.07) is 7.01. The Morgan fingerprint density at radius 1 is 1.32 bits per heavy atom. The average Bonchev–Trinajstić information content (AvgIpc) is 3.27. The first kappa shape index (κ1) is 22.0. The van der Waals surface area contributed by atoms with Gasteiger partial charge in [-0.2, -0.15) is 0 Å². The topological polar surface area (TPSA) is 82.5 Å². The molecule has 0 aliphatic carbocycles. The van der Waals surface area contributed by atoms with E-state index in [-0.39, 0.29) is 24.9 Å². The highest BCUT2D eigenvalue weighted by molar-refractivity contribution is 7.15. The number of carbonyl (C=O) groups is 2. The number of carbonyl (C=O) groups excluding carboxylic acids is 2. The molecule has 1 aliphatic heterocycles. The highest BCUT2D eigenvalue weighted by atomic mass is 32.1. The van der Waals surface area contributed by atoms with Crippen molar-refractivity contribution in [1.82, 2.24) is 15.2 Å². The number of amides is 2. The number of thiazole rings is 1. The summed E-state index contributed by atoms with van der Waals surface area (Å²) < 4.78 is 8.27. The van der Waals surface area contributed by atoms with Gasteiger partial charge >= 0.3 is 0 Å². The SMILES string of the molecule is [2H][C@H](C(=O)N1C[C@H](O)C[C@H]1C(=O)N[C@@H](C)c1ccc(-c2sc(C)nc2C)cc1)C(C)(C)C. The lowest BCUT2D eigenvalue weighted by Crippen LogP contribution is -2.47. The van der Waals surface area contributed by atoms with Gasteiger partial charge in [0.1, 0.15) is 6.04 Å². The summed E-state index contributed by atoms with van der Waals surface area (Å²) in [6.07, 6.45) is -1.57. The molecule has 3 rings (SSSR count). The molecule has 168 valence electrons. The van der Waals surface area contributed by atoms with Crippen molar-refractivity contribution in [2.24, 2.45) is 5.41 Å². The molecule has 4 atom stereocenters. The van der Waals surface area contributed by atoms with Crippen LogP contribution in [0.3, 0.4) is 0 Å².